The maximum Gasteiger partial charge on any atom is 0.372 e. The van der Waals surface area contributed by atoms with Gasteiger partial charge in [0, 0.05) is 19.0 Å². The molecule has 2 aromatic carbocycles. The van der Waals surface area contributed by atoms with Gasteiger partial charge in [-0.2, -0.15) is 0 Å². The molecule has 0 unspecified atom stereocenters. The van der Waals surface area contributed by atoms with Crippen LogP contribution in [0.5, 0.6) is 11.5 Å². The average molecular weight is 652 g/mol. The first kappa shape index (κ1) is 36.5. The minimum atomic E-state index is -1.55. The van der Waals surface area contributed by atoms with Crippen molar-refractivity contribution in [3.63, 3.8) is 0 Å². The van der Waals surface area contributed by atoms with Crippen molar-refractivity contribution < 1.29 is 52.8 Å². The number of methoxy groups -OCH3 is 2. The second kappa shape index (κ2) is 16.5. The Balaban J connectivity index is 1.87. The molecule has 252 valence electrons. The van der Waals surface area contributed by atoms with Crippen molar-refractivity contribution in [2.75, 3.05) is 27.4 Å². The molecular weight excluding hydrogens is 610 g/mol. The second-order valence-electron chi connectivity index (χ2n) is 11.8. The van der Waals surface area contributed by atoms with E-state index in [-0.39, 0.29) is 26.0 Å². The number of likely N-dealkylation sites (tertiary alicyclic amines) is 1. The standard InChI is InChI=1S/C35H41NO11/c1-6-30(38)46-21-35(2,3)31(39)32(40)36-17-8-7-12-25(36)34(43)47-27(15-13-22-14-16-28(44-4)29(20-22)45-5)24-11-9-10-23(18-24)19-26(37)33(41)42/h6,9-11,14,16,18,20,25,27H,1,7-8,12-13,15,17,19,21H2,2-5H3,(H,41,42)/t25-,27+/m0/s1. The van der Waals surface area contributed by atoms with E-state index < -0.39 is 52.9 Å². The van der Waals surface area contributed by atoms with Gasteiger partial charge in [0.2, 0.25) is 11.6 Å². The fourth-order valence-electron chi connectivity index (χ4n) is 5.23. The van der Waals surface area contributed by atoms with Crippen molar-refractivity contribution in [2.24, 2.45) is 5.41 Å². The number of carbonyl (C=O) groups excluding carboxylic acids is 5. The van der Waals surface area contributed by atoms with E-state index in [0.29, 0.717) is 48.3 Å². The Morgan fingerprint density at radius 1 is 1.00 bits per heavy atom. The number of piperidine rings is 1. The van der Waals surface area contributed by atoms with Gasteiger partial charge >= 0.3 is 17.9 Å². The summed E-state index contributed by atoms with van der Waals surface area (Å²) in [6.07, 6.45) is 1.97. The number of aliphatic carboxylic acids is 1. The lowest BCUT2D eigenvalue weighted by Gasteiger charge is -2.36. The molecule has 0 bridgehead atoms. The van der Waals surface area contributed by atoms with Crippen LogP contribution < -0.4 is 9.47 Å². The molecule has 0 radical (unpaired) electrons. The molecule has 1 aliphatic rings. The summed E-state index contributed by atoms with van der Waals surface area (Å²) in [5.41, 5.74) is 0.476. The van der Waals surface area contributed by atoms with Crippen molar-refractivity contribution in [1.82, 2.24) is 4.90 Å². The summed E-state index contributed by atoms with van der Waals surface area (Å²) in [7, 11) is 3.05. The molecule has 0 aromatic heterocycles. The molecule has 1 saturated heterocycles. The van der Waals surface area contributed by atoms with E-state index in [1.807, 2.05) is 6.07 Å². The molecule has 2 aromatic rings. The van der Waals surface area contributed by atoms with Crippen LogP contribution in [0, 0.1) is 5.41 Å². The summed E-state index contributed by atoms with van der Waals surface area (Å²) in [6, 6.07) is 11.0. The number of hydrogen-bond acceptors (Lipinski definition) is 10. The van der Waals surface area contributed by atoms with Crippen molar-refractivity contribution in [1.29, 1.82) is 0 Å². The average Bonchev–Trinajstić information content (AvgIpc) is 3.07. The Hall–Kier alpha value is -5.00. The number of aryl methyl sites for hydroxylation is 1. The zero-order valence-corrected chi connectivity index (χ0v) is 27.1. The maximum atomic E-state index is 13.8. The molecular formula is C35H41NO11. The Bertz CT molecular complexity index is 1510. The third kappa shape index (κ3) is 9.74. The lowest BCUT2D eigenvalue weighted by molar-refractivity contribution is -0.165. The number of Topliss-reactive ketones (excluding diaryl/α,β-unsaturated/α-hetero) is 2. The van der Waals surface area contributed by atoms with Crippen LogP contribution in [0.15, 0.2) is 55.1 Å². The predicted molar refractivity (Wildman–Crippen MR) is 169 cm³/mol. The third-order valence-electron chi connectivity index (χ3n) is 7.91. The van der Waals surface area contributed by atoms with Crippen LogP contribution in [0.3, 0.4) is 0 Å². The van der Waals surface area contributed by atoms with Crippen molar-refractivity contribution in [3.05, 3.63) is 71.8 Å². The highest BCUT2D eigenvalue weighted by atomic mass is 16.5. The summed E-state index contributed by atoms with van der Waals surface area (Å²) in [6.45, 7) is 6.10. The minimum Gasteiger partial charge on any atom is -0.493 e. The van der Waals surface area contributed by atoms with Crippen molar-refractivity contribution in [3.8, 4) is 11.5 Å². The van der Waals surface area contributed by atoms with Crippen LogP contribution in [0.2, 0.25) is 0 Å². The summed E-state index contributed by atoms with van der Waals surface area (Å²) in [4.78, 5) is 76.4. The van der Waals surface area contributed by atoms with Crippen LogP contribution in [0.4, 0.5) is 0 Å². The molecule has 3 rings (SSSR count). The lowest BCUT2D eigenvalue weighted by Crippen LogP contribution is -2.53. The second-order valence-corrected chi connectivity index (χ2v) is 11.8. The molecule has 12 heteroatoms. The normalized spacial score (nSPS) is 15.1. The highest BCUT2D eigenvalue weighted by Crippen LogP contribution is 2.32. The van der Waals surface area contributed by atoms with Gasteiger partial charge in [-0.1, -0.05) is 36.9 Å². The number of amides is 1. The first-order valence-corrected chi connectivity index (χ1v) is 15.2. The quantitative estimate of drug-likeness (QED) is 0.159. The summed E-state index contributed by atoms with van der Waals surface area (Å²) in [5.74, 6) is -4.57. The Labute approximate surface area is 273 Å². The predicted octanol–water partition coefficient (Wildman–Crippen LogP) is 3.82. The van der Waals surface area contributed by atoms with Gasteiger partial charge in [-0.05, 0) is 74.8 Å². The monoisotopic (exact) mass is 651 g/mol. The highest BCUT2D eigenvalue weighted by molar-refractivity contribution is 6.38. The Morgan fingerprint density at radius 2 is 1.72 bits per heavy atom. The van der Waals surface area contributed by atoms with E-state index in [0.717, 1.165) is 11.6 Å². The fourth-order valence-corrected chi connectivity index (χ4v) is 5.23. The molecule has 0 saturated carbocycles. The number of ether oxygens (including phenoxy) is 4. The molecule has 1 aliphatic heterocycles. The van der Waals surface area contributed by atoms with Gasteiger partial charge in [-0.15, -0.1) is 0 Å². The maximum absolute atomic E-state index is 13.8. The number of carboxylic acid groups (broad SMARTS) is 1. The van der Waals surface area contributed by atoms with E-state index in [2.05, 4.69) is 6.58 Å². The number of rotatable bonds is 16. The SMILES string of the molecule is C=CC(=O)OCC(C)(C)C(=O)C(=O)N1CCCC[C@H]1C(=O)O[C@H](CCc1ccc(OC)c(OC)c1)c1cccc(CC(=O)C(=O)O)c1. The summed E-state index contributed by atoms with van der Waals surface area (Å²) >= 11 is 0. The van der Waals surface area contributed by atoms with Crippen LogP contribution in [-0.2, 0) is 51.1 Å². The topological polar surface area (TPSA) is 163 Å². The molecule has 12 nitrogen and oxygen atoms in total. The number of benzene rings is 2. The molecule has 1 heterocycles. The van der Waals surface area contributed by atoms with Gasteiger partial charge < -0.3 is 29.0 Å². The van der Waals surface area contributed by atoms with Crippen LogP contribution in [0.1, 0.15) is 62.3 Å². The number of nitrogens with zero attached hydrogens (tertiary/aromatic N) is 1. The molecule has 1 N–H and O–H groups in total. The van der Waals surface area contributed by atoms with E-state index >= 15 is 0 Å². The number of esters is 2. The van der Waals surface area contributed by atoms with E-state index in [1.165, 1.54) is 33.0 Å². The van der Waals surface area contributed by atoms with Crippen LogP contribution >= 0.6 is 0 Å². The summed E-state index contributed by atoms with van der Waals surface area (Å²) < 4.78 is 21.8. The molecule has 1 amide bonds. The zero-order valence-electron chi connectivity index (χ0n) is 27.1. The van der Waals surface area contributed by atoms with Crippen molar-refractivity contribution in [2.45, 2.75) is 64.5 Å². The number of ketones is 2. The number of carboxylic acids is 1. The Morgan fingerprint density at radius 3 is 2.38 bits per heavy atom. The molecule has 1 fully saturated rings. The van der Waals surface area contributed by atoms with Gasteiger partial charge in [0.25, 0.3) is 5.91 Å². The molecule has 47 heavy (non-hydrogen) atoms. The van der Waals surface area contributed by atoms with Crippen LogP contribution in [-0.4, -0.2) is 78.8 Å². The first-order chi connectivity index (χ1) is 22.3. The van der Waals surface area contributed by atoms with Gasteiger partial charge in [0.15, 0.2) is 11.5 Å². The molecule has 2 atom stereocenters. The van der Waals surface area contributed by atoms with Gasteiger partial charge in [0.1, 0.15) is 18.8 Å². The number of carbonyl (C=O) groups is 6. The van der Waals surface area contributed by atoms with Gasteiger partial charge in [-0.25, -0.2) is 14.4 Å². The molecule has 0 aliphatic carbocycles. The van der Waals surface area contributed by atoms with Gasteiger partial charge in [0.05, 0.1) is 19.6 Å². The first-order valence-electron chi connectivity index (χ1n) is 15.2. The molecule has 0 spiro atoms. The summed E-state index contributed by atoms with van der Waals surface area (Å²) in [5, 5.41) is 9.08. The smallest absolute Gasteiger partial charge is 0.372 e. The van der Waals surface area contributed by atoms with Crippen LogP contribution in [0.25, 0.3) is 0 Å². The van der Waals surface area contributed by atoms with Crippen molar-refractivity contribution >= 4 is 35.4 Å². The highest BCUT2D eigenvalue weighted by Gasteiger charge is 2.42. The zero-order chi connectivity index (χ0) is 34.7. The Kier molecular flexibility index (Phi) is 12.8. The van der Waals surface area contributed by atoms with E-state index in [1.54, 1.807) is 36.4 Å². The van der Waals surface area contributed by atoms with Gasteiger partial charge in [-0.3, -0.25) is 14.4 Å². The fraction of sp³-hybridized carbons (Fsp3) is 0.429. The van der Waals surface area contributed by atoms with E-state index in [4.69, 9.17) is 24.1 Å². The third-order valence-corrected chi connectivity index (χ3v) is 7.91. The van der Waals surface area contributed by atoms with E-state index in [9.17, 15) is 28.8 Å². The number of hydrogen-bond donors (Lipinski definition) is 1. The largest absolute Gasteiger partial charge is 0.493 e. The minimum absolute atomic E-state index is 0.163. The lowest BCUT2D eigenvalue weighted by atomic mass is 9.87.